The van der Waals surface area contributed by atoms with E-state index in [0.29, 0.717) is 6.54 Å². The first-order valence-electron chi connectivity index (χ1n) is 5.92. The number of Topliss-reactive ketones (excluding diaryl/α,β-unsaturated/α-hetero) is 1. The number of hydrogen-bond acceptors (Lipinski definition) is 3. The van der Waals surface area contributed by atoms with E-state index in [-0.39, 0.29) is 23.8 Å². The van der Waals surface area contributed by atoms with Crippen molar-refractivity contribution in [1.82, 2.24) is 4.90 Å². The molecular weight excluding hydrogens is 206 g/mol. The molecule has 90 valence electrons. The number of carbonyl (C=O) groups excluding carboxylic acids is 2. The van der Waals surface area contributed by atoms with E-state index in [2.05, 4.69) is 0 Å². The Kier molecular flexibility index (Phi) is 2.68. The van der Waals surface area contributed by atoms with Gasteiger partial charge < -0.3 is 4.74 Å². The number of amides is 1. The van der Waals surface area contributed by atoms with E-state index < -0.39 is 5.60 Å². The Bertz CT molecular complexity index is 315. The van der Waals surface area contributed by atoms with Crippen LogP contribution in [0, 0.1) is 5.92 Å². The molecule has 1 aliphatic carbocycles. The van der Waals surface area contributed by atoms with Gasteiger partial charge in [0.1, 0.15) is 5.60 Å². The Morgan fingerprint density at radius 2 is 1.81 bits per heavy atom. The van der Waals surface area contributed by atoms with Crippen molar-refractivity contribution in [3.63, 3.8) is 0 Å². The highest BCUT2D eigenvalue weighted by Gasteiger charge is 2.44. The van der Waals surface area contributed by atoms with Crippen molar-refractivity contribution >= 4 is 11.9 Å². The lowest BCUT2D eigenvalue weighted by molar-refractivity contribution is -0.129. The Morgan fingerprint density at radius 1 is 1.19 bits per heavy atom. The van der Waals surface area contributed by atoms with Gasteiger partial charge in [0.25, 0.3) is 0 Å². The molecule has 2 fully saturated rings. The maximum atomic E-state index is 11.8. The van der Waals surface area contributed by atoms with E-state index >= 15 is 0 Å². The van der Waals surface area contributed by atoms with E-state index in [1.807, 2.05) is 20.8 Å². The quantitative estimate of drug-likeness (QED) is 0.722. The highest BCUT2D eigenvalue weighted by molar-refractivity contribution is 5.92. The molecule has 1 saturated heterocycles. The van der Waals surface area contributed by atoms with Crippen molar-refractivity contribution in [2.75, 3.05) is 6.54 Å². The van der Waals surface area contributed by atoms with Crippen molar-refractivity contribution in [3.05, 3.63) is 0 Å². The van der Waals surface area contributed by atoms with E-state index in [1.54, 1.807) is 4.90 Å². The fourth-order valence-corrected chi connectivity index (χ4v) is 1.86. The van der Waals surface area contributed by atoms with Gasteiger partial charge in [-0.25, -0.2) is 4.79 Å². The number of carbonyl (C=O) groups is 2. The zero-order valence-corrected chi connectivity index (χ0v) is 10.2. The van der Waals surface area contributed by atoms with Gasteiger partial charge in [-0.3, -0.25) is 9.69 Å². The van der Waals surface area contributed by atoms with Crippen LogP contribution in [0.2, 0.25) is 0 Å². The van der Waals surface area contributed by atoms with Gasteiger partial charge >= 0.3 is 6.09 Å². The fourth-order valence-electron chi connectivity index (χ4n) is 1.86. The largest absolute Gasteiger partial charge is 0.444 e. The predicted molar refractivity (Wildman–Crippen MR) is 59.1 cm³/mol. The fraction of sp³-hybridized carbons (Fsp3) is 0.833. The molecule has 0 aromatic rings. The summed E-state index contributed by atoms with van der Waals surface area (Å²) in [4.78, 5) is 25.1. The number of hydrogen-bond donors (Lipinski definition) is 0. The summed E-state index contributed by atoms with van der Waals surface area (Å²) < 4.78 is 5.26. The predicted octanol–water partition coefficient (Wildman–Crippen LogP) is 1.97. The second-order valence-electron chi connectivity index (χ2n) is 5.65. The molecule has 0 spiro atoms. The topological polar surface area (TPSA) is 46.6 Å². The summed E-state index contributed by atoms with van der Waals surface area (Å²) in [7, 11) is 0. The molecule has 0 bridgehead atoms. The molecule has 0 N–H and O–H groups in total. The lowest BCUT2D eigenvalue weighted by atomic mass is 9.96. The van der Waals surface area contributed by atoms with Gasteiger partial charge in [-0.15, -0.1) is 0 Å². The van der Waals surface area contributed by atoms with Crippen LogP contribution in [-0.4, -0.2) is 35.0 Å². The van der Waals surface area contributed by atoms with E-state index in [1.165, 1.54) is 0 Å². The van der Waals surface area contributed by atoms with Crippen molar-refractivity contribution in [2.24, 2.45) is 5.92 Å². The first-order valence-corrected chi connectivity index (χ1v) is 5.92. The molecule has 1 aliphatic heterocycles. The number of nitrogens with zero attached hydrogens (tertiary/aromatic N) is 1. The molecule has 4 nitrogen and oxygen atoms in total. The van der Waals surface area contributed by atoms with E-state index in [4.69, 9.17) is 4.74 Å². The molecule has 2 rings (SSSR count). The van der Waals surface area contributed by atoms with E-state index in [0.717, 1.165) is 19.3 Å². The number of rotatable bonds is 2. The third kappa shape index (κ3) is 2.36. The van der Waals surface area contributed by atoms with Crippen LogP contribution in [0.4, 0.5) is 4.79 Å². The third-order valence-electron chi connectivity index (χ3n) is 2.96. The Balaban J connectivity index is 1.90. The molecule has 0 aromatic heterocycles. The van der Waals surface area contributed by atoms with Crippen LogP contribution >= 0.6 is 0 Å². The van der Waals surface area contributed by atoms with Crippen LogP contribution in [0.3, 0.4) is 0 Å². The number of ketones is 1. The zero-order valence-electron chi connectivity index (χ0n) is 10.2. The minimum absolute atomic E-state index is 0.206. The van der Waals surface area contributed by atoms with Crippen LogP contribution in [0.5, 0.6) is 0 Å². The number of likely N-dealkylation sites (tertiary alicyclic amines) is 1. The Hall–Kier alpha value is -1.06. The summed E-state index contributed by atoms with van der Waals surface area (Å²) >= 11 is 0. The number of ether oxygens (including phenoxy) is 1. The van der Waals surface area contributed by atoms with Crippen LogP contribution in [0.15, 0.2) is 0 Å². The first kappa shape index (κ1) is 11.4. The molecule has 1 saturated carbocycles. The van der Waals surface area contributed by atoms with Crippen molar-refractivity contribution in [3.8, 4) is 0 Å². The molecule has 1 atom stereocenters. The molecule has 0 aromatic carbocycles. The maximum absolute atomic E-state index is 11.8. The molecule has 1 heterocycles. The third-order valence-corrected chi connectivity index (χ3v) is 2.96. The minimum Gasteiger partial charge on any atom is -0.444 e. The van der Waals surface area contributed by atoms with Gasteiger partial charge in [0.15, 0.2) is 5.78 Å². The molecular formula is C12H19NO3. The van der Waals surface area contributed by atoms with Crippen LogP contribution in [0.25, 0.3) is 0 Å². The van der Waals surface area contributed by atoms with Gasteiger partial charge in [0, 0.05) is 12.5 Å². The summed E-state index contributed by atoms with van der Waals surface area (Å²) in [5, 5.41) is 0. The minimum atomic E-state index is -0.486. The second kappa shape index (κ2) is 3.75. The average Bonchev–Trinajstić information content (AvgIpc) is 2.78. The van der Waals surface area contributed by atoms with Crippen LogP contribution < -0.4 is 0 Å². The van der Waals surface area contributed by atoms with Crippen LogP contribution in [0.1, 0.15) is 40.0 Å². The van der Waals surface area contributed by atoms with Gasteiger partial charge in [-0.1, -0.05) is 0 Å². The monoisotopic (exact) mass is 225 g/mol. The van der Waals surface area contributed by atoms with Crippen molar-refractivity contribution in [2.45, 2.75) is 51.7 Å². The summed E-state index contributed by atoms with van der Waals surface area (Å²) in [6.45, 7) is 6.16. The SMILES string of the molecule is CC(C)(C)OC(=O)N1CCC1C(=O)C1CC1. The van der Waals surface area contributed by atoms with Crippen molar-refractivity contribution < 1.29 is 14.3 Å². The Labute approximate surface area is 95.9 Å². The lowest BCUT2D eigenvalue weighted by Gasteiger charge is -2.40. The standard InChI is InChI=1S/C12H19NO3/c1-12(2,3)16-11(15)13-7-6-9(13)10(14)8-4-5-8/h8-9H,4-7H2,1-3H3. The lowest BCUT2D eigenvalue weighted by Crippen LogP contribution is -2.56. The summed E-state index contributed by atoms with van der Waals surface area (Å²) in [6, 6.07) is -0.206. The Morgan fingerprint density at radius 3 is 2.19 bits per heavy atom. The molecule has 2 aliphatic rings. The second-order valence-corrected chi connectivity index (χ2v) is 5.65. The van der Waals surface area contributed by atoms with E-state index in [9.17, 15) is 9.59 Å². The van der Waals surface area contributed by atoms with Gasteiger partial charge in [0.05, 0.1) is 6.04 Å². The molecule has 0 radical (unpaired) electrons. The average molecular weight is 225 g/mol. The maximum Gasteiger partial charge on any atom is 0.410 e. The van der Waals surface area contributed by atoms with Gasteiger partial charge in [0.2, 0.25) is 0 Å². The molecule has 1 unspecified atom stereocenters. The zero-order chi connectivity index (χ0) is 11.9. The molecule has 4 heteroatoms. The molecule has 16 heavy (non-hydrogen) atoms. The first-order chi connectivity index (χ1) is 7.38. The summed E-state index contributed by atoms with van der Waals surface area (Å²) in [5.74, 6) is 0.451. The van der Waals surface area contributed by atoms with Crippen molar-refractivity contribution in [1.29, 1.82) is 0 Å². The van der Waals surface area contributed by atoms with Gasteiger partial charge in [-0.05, 0) is 40.0 Å². The molecule has 1 amide bonds. The van der Waals surface area contributed by atoms with Crippen LogP contribution in [-0.2, 0) is 9.53 Å². The van der Waals surface area contributed by atoms with Gasteiger partial charge in [-0.2, -0.15) is 0 Å². The highest BCUT2D eigenvalue weighted by Crippen LogP contribution is 2.35. The highest BCUT2D eigenvalue weighted by atomic mass is 16.6. The summed E-state index contributed by atoms with van der Waals surface area (Å²) in [6.07, 6.45) is 2.45. The normalized spacial score (nSPS) is 24.9. The smallest absolute Gasteiger partial charge is 0.410 e. The summed E-state index contributed by atoms with van der Waals surface area (Å²) in [5.41, 5.74) is -0.486.